The SMILES string of the molecule is CC[C@@H](C)[C@H](NS(=O)(=O)c1ccc(Br)cc1)C(=O)OC. The van der Waals surface area contributed by atoms with Crippen LogP contribution in [0.15, 0.2) is 33.6 Å². The molecule has 1 aromatic carbocycles. The standard InChI is InChI=1S/C13H18BrNO4S/c1-4-9(2)12(13(16)19-3)15-20(17,18)11-7-5-10(14)6-8-11/h5-9,12,15H,4H2,1-3H3/t9-,12+/m1/s1. The molecule has 0 aromatic heterocycles. The molecule has 0 aliphatic carbocycles. The summed E-state index contributed by atoms with van der Waals surface area (Å²) < 4.78 is 32.4. The second kappa shape index (κ2) is 7.19. The van der Waals surface area contributed by atoms with E-state index >= 15 is 0 Å². The number of benzene rings is 1. The first kappa shape index (κ1) is 17.1. The molecule has 0 spiro atoms. The maximum Gasteiger partial charge on any atom is 0.324 e. The van der Waals surface area contributed by atoms with Crippen molar-refractivity contribution >= 4 is 31.9 Å². The van der Waals surface area contributed by atoms with Crippen LogP contribution in [-0.4, -0.2) is 27.5 Å². The van der Waals surface area contributed by atoms with Crippen molar-refractivity contribution in [3.63, 3.8) is 0 Å². The lowest BCUT2D eigenvalue weighted by atomic mass is 10.0. The molecule has 2 atom stereocenters. The van der Waals surface area contributed by atoms with Crippen LogP contribution in [0.4, 0.5) is 0 Å². The van der Waals surface area contributed by atoms with Gasteiger partial charge in [0.05, 0.1) is 12.0 Å². The highest BCUT2D eigenvalue weighted by atomic mass is 79.9. The molecule has 1 aromatic rings. The van der Waals surface area contributed by atoms with Crippen molar-refractivity contribution in [2.75, 3.05) is 7.11 Å². The Morgan fingerprint density at radius 1 is 1.35 bits per heavy atom. The number of rotatable bonds is 6. The van der Waals surface area contributed by atoms with E-state index in [0.29, 0.717) is 6.42 Å². The minimum absolute atomic E-state index is 0.109. The molecule has 0 aliphatic heterocycles. The number of esters is 1. The number of hydrogen-bond donors (Lipinski definition) is 1. The Hall–Kier alpha value is -0.920. The van der Waals surface area contributed by atoms with E-state index in [1.807, 2.05) is 6.92 Å². The molecule has 1 rings (SSSR count). The van der Waals surface area contributed by atoms with Gasteiger partial charge in [0.2, 0.25) is 10.0 Å². The van der Waals surface area contributed by atoms with Crippen LogP contribution in [-0.2, 0) is 19.6 Å². The summed E-state index contributed by atoms with van der Waals surface area (Å²) in [5, 5.41) is 0. The Morgan fingerprint density at radius 2 is 1.90 bits per heavy atom. The molecule has 0 bridgehead atoms. The Kier molecular flexibility index (Phi) is 6.16. The summed E-state index contributed by atoms with van der Waals surface area (Å²) in [5.74, 6) is -0.743. The van der Waals surface area contributed by atoms with Gasteiger partial charge >= 0.3 is 5.97 Å². The molecule has 112 valence electrons. The topological polar surface area (TPSA) is 72.5 Å². The van der Waals surface area contributed by atoms with Crippen molar-refractivity contribution in [3.8, 4) is 0 Å². The molecule has 5 nitrogen and oxygen atoms in total. The van der Waals surface area contributed by atoms with Crippen LogP contribution >= 0.6 is 15.9 Å². The van der Waals surface area contributed by atoms with Gasteiger partial charge in [-0.2, -0.15) is 4.72 Å². The smallest absolute Gasteiger partial charge is 0.324 e. The van der Waals surface area contributed by atoms with E-state index < -0.39 is 22.0 Å². The summed E-state index contributed by atoms with van der Waals surface area (Å²) in [7, 11) is -2.52. The zero-order chi connectivity index (χ0) is 15.3. The Morgan fingerprint density at radius 3 is 2.35 bits per heavy atom. The molecule has 20 heavy (non-hydrogen) atoms. The van der Waals surface area contributed by atoms with E-state index in [1.54, 1.807) is 19.1 Å². The highest BCUT2D eigenvalue weighted by molar-refractivity contribution is 9.10. The van der Waals surface area contributed by atoms with Crippen molar-refractivity contribution in [3.05, 3.63) is 28.7 Å². The van der Waals surface area contributed by atoms with Gasteiger partial charge in [-0.1, -0.05) is 36.2 Å². The first-order valence-corrected chi connectivity index (χ1v) is 8.45. The van der Waals surface area contributed by atoms with E-state index in [1.165, 1.54) is 19.2 Å². The van der Waals surface area contributed by atoms with Gasteiger partial charge in [0.25, 0.3) is 0 Å². The number of methoxy groups -OCH3 is 1. The maximum atomic E-state index is 12.3. The molecule has 0 heterocycles. The van der Waals surface area contributed by atoms with Crippen LogP contribution in [0.5, 0.6) is 0 Å². The number of carbonyl (C=O) groups excluding carboxylic acids is 1. The van der Waals surface area contributed by atoms with Gasteiger partial charge in [-0.15, -0.1) is 0 Å². The summed E-state index contributed by atoms with van der Waals surface area (Å²) in [6, 6.07) is 5.31. The highest BCUT2D eigenvalue weighted by Gasteiger charge is 2.30. The van der Waals surface area contributed by atoms with Crippen LogP contribution in [0.25, 0.3) is 0 Å². The van der Waals surface area contributed by atoms with E-state index in [9.17, 15) is 13.2 Å². The maximum absolute atomic E-state index is 12.3. The molecule has 0 saturated heterocycles. The monoisotopic (exact) mass is 363 g/mol. The molecule has 0 fully saturated rings. The lowest BCUT2D eigenvalue weighted by molar-refractivity contribution is -0.143. The van der Waals surface area contributed by atoms with Gasteiger partial charge in [0.15, 0.2) is 0 Å². The number of carbonyl (C=O) groups is 1. The fourth-order valence-electron chi connectivity index (χ4n) is 1.61. The largest absolute Gasteiger partial charge is 0.468 e. The van der Waals surface area contributed by atoms with Gasteiger partial charge in [-0.25, -0.2) is 8.42 Å². The van der Waals surface area contributed by atoms with Gasteiger partial charge in [-0.05, 0) is 30.2 Å². The second-order valence-corrected chi connectivity index (χ2v) is 7.09. The predicted molar refractivity (Wildman–Crippen MR) is 79.7 cm³/mol. The number of hydrogen-bond acceptors (Lipinski definition) is 4. The quantitative estimate of drug-likeness (QED) is 0.787. The molecule has 0 unspecified atom stereocenters. The molecule has 1 N–H and O–H groups in total. The van der Waals surface area contributed by atoms with E-state index in [-0.39, 0.29) is 10.8 Å². The van der Waals surface area contributed by atoms with Crippen LogP contribution in [0.3, 0.4) is 0 Å². The van der Waals surface area contributed by atoms with Crippen LogP contribution in [0, 0.1) is 5.92 Å². The van der Waals surface area contributed by atoms with Crippen LogP contribution in [0.2, 0.25) is 0 Å². The van der Waals surface area contributed by atoms with E-state index in [0.717, 1.165) is 4.47 Å². The third-order valence-corrected chi connectivity index (χ3v) is 5.06. The summed E-state index contributed by atoms with van der Waals surface area (Å²) in [4.78, 5) is 11.8. The first-order chi connectivity index (χ1) is 9.31. The Labute approximate surface area is 127 Å². The lowest BCUT2D eigenvalue weighted by Crippen LogP contribution is -2.45. The average Bonchev–Trinajstić information content (AvgIpc) is 2.43. The molecular weight excluding hydrogens is 346 g/mol. The Bertz CT molecular complexity index is 556. The van der Waals surface area contributed by atoms with Crippen molar-refractivity contribution in [1.29, 1.82) is 0 Å². The average molecular weight is 364 g/mol. The van der Waals surface area contributed by atoms with Crippen LogP contribution in [0.1, 0.15) is 20.3 Å². The minimum Gasteiger partial charge on any atom is -0.468 e. The van der Waals surface area contributed by atoms with Crippen molar-refractivity contribution in [1.82, 2.24) is 4.72 Å². The van der Waals surface area contributed by atoms with Crippen molar-refractivity contribution < 1.29 is 17.9 Å². The first-order valence-electron chi connectivity index (χ1n) is 6.17. The summed E-state index contributed by atoms with van der Waals surface area (Å²) in [6.07, 6.45) is 0.655. The molecule has 7 heteroatoms. The van der Waals surface area contributed by atoms with Crippen LogP contribution < -0.4 is 4.72 Å². The lowest BCUT2D eigenvalue weighted by Gasteiger charge is -2.21. The number of halogens is 1. The summed E-state index contributed by atoms with van der Waals surface area (Å²) in [6.45, 7) is 3.68. The highest BCUT2D eigenvalue weighted by Crippen LogP contribution is 2.17. The summed E-state index contributed by atoms with van der Waals surface area (Å²) in [5.41, 5.74) is 0. The van der Waals surface area contributed by atoms with Gasteiger partial charge < -0.3 is 4.74 Å². The second-order valence-electron chi connectivity index (χ2n) is 4.46. The van der Waals surface area contributed by atoms with Gasteiger partial charge in [0.1, 0.15) is 6.04 Å². The van der Waals surface area contributed by atoms with E-state index in [2.05, 4.69) is 25.4 Å². The molecule has 0 amide bonds. The van der Waals surface area contributed by atoms with Gasteiger partial charge in [0, 0.05) is 4.47 Å². The molecule has 0 radical (unpaired) electrons. The fraction of sp³-hybridized carbons (Fsp3) is 0.462. The van der Waals surface area contributed by atoms with Gasteiger partial charge in [-0.3, -0.25) is 4.79 Å². The number of ether oxygens (including phenoxy) is 1. The predicted octanol–water partition coefficient (Wildman–Crippen LogP) is 2.32. The van der Waals surface area contributed by atoms with Crippen molar-refractivity contribution in [2.45, 2.75) is 31.2 Å². The fourth-order valence-corrected chi connectivity index (χ4v) is 3.17. The molecule has 0 aliphatic rings. The zero-order valence-corrected chi connectivity index (χ0v) is 14.0. The Balaban J connectivity index is 3.02. The van der Waals surface area contributed by atoms with Crippen molar-refractivity contribution in [2.24, 2.45) is 5.92 Å². The third kappa shape index (κ3) is 4.29. The third-order valence-electron chi connectivity index (χ3n) is 3.07. The minimum atomic E-state index is -3.76. The van der Waals surface area contributed by atoms with E-state index in [4.69, 9.17) is 0 Å². The molecular formula is C13H18BrNO4S. The number of nitrogens with one attached hydrogen (secondary N) is 1. The molecule has 0 saturated carbocycles. The number of sulfonamides is 1. The summed E-state index contributed by atoms with van der Waals surface area (Å²) >= 11 is 3.24. The normalized spacial score (nSPS) is 14.6. The zero-order valence-electron chi connectivity index (χ0n) is 11.6.